The van der Waals surface area contributed by atoms with Crippen molar-refractivity contribution >= 4 is 6.21 Å². The zero-order chi connectivity index (χ0) is 8.69. The minimum absolute atomic E-state index is 0.270. The first-order chi connectivity index (χ1) is 5.20. The van der Waals surface area contributed by atoms with Crippen LogP contribution in [0.3, 0.4) is 0 Å². The summed E-state index contributed by atoms with van der Waals surface area (Å²) < 4.78 is 0. The molecule has 0 saturated heterocycles. The van der Waals surface area contributed by atoms with E-state index in [2.05, 4.69) is 5.16 Å². The molecule has 0 saturated carbocycles. The Bertz CT molecular complexity index is 117. The first-order valence-electron chi connectivity index (χ1n) is 3.35. The summed E-state index contributed by atoms with van der Waals surface area (Å²) in [5, 5.41) is 36.6. The van der Waals surface area contributed by atoms with E-state index in [0.29, 0.717) is 0 Å². The number of hydrogen-bond donors (Lipinski definition) is 4. The van der Waals surface area contributed by atoms with Crippen LogP contribution in [0.15, 0.2) is 5.16 Å². The SMILES string of the molecule is OCC(O)CCC(O)/C=N/O. The van der Waals surface area contributed by atoms with Crippen molar-refractivity contribution in [1.29, 1.82) is 0 Å². The third kappa shape index (κ3) is 5.78. The summed E-state index contributed by atoms with van der Waals surface area (Å²) in [5.74, 6) is 0. The van der Waals surface area contributed by atoms with E-state index in [4.69, 9.17) is 20.5 Å². The van der Waals surface area contributed by atoms with Gasteiger partial charge in [0.2, 0.25) is 0 Å². The monoisotopic (exact) mass is 163 g/mol. The molecule has 0 rings (SSSR count). The summed E-state index contributed by atoms with van der Waals surface area (Å²) >= 11 is 0. The van der Waals surface area contributed by atoms with Crippen LogP contribution >= 0.6 is 0 Å². The van der Waals surface area contributed by atoms with Gasteiger partial charge in [0.05, 0.1) is 25.0 Å². The van der Waals surface area contributed by atoms with Gasteiger partial charge in [0.15, 0.2) is 0 Å². The van der Waals surface area contributed by atoms with Crippen molar-refractivity contribution < 1.29 is 20.5 Å². The minimum Gasteiger partial charge on any atom is -0.411 e. The van der Waals surface area contributed by atoms with Gasteiger partial charge in [-0.15, -0.1) is 0 Å². The molecular weight excluding hydrogens is 150 g/mol. The van der Waals surface area contributed by atoms with E-state index < -0.39 is 12.2 Å². The largest absolute Gasteiger partial charge is 0.411 e. The second kappa shape index (κ2) is 6.09. The molecule has 0 aliphatic heterocycles. The second-order valence-corrected chi connectivity index (χ2v) is 2.25. The molecule has 0 spiro atoms. The van der Waals surface area contributed by atoms with Gasteiger partial charge in [0.25, 0.3) is 0 Å². The van der Waals surface area contributed by atoms with Crippen molar-refractivity contribution in [3.8, 4) is 0 Å². The number of oxime groups is 1. The van der Waals surface area contributed by atoms with Crippen molar-refractivity contribution in [3.63, 3.8) is 0 Å². The molecule has 0 fully saturated rings. The maximum atomic E-state index is 8.89. The first kappa shape index (κ1) is 10.3. The van der Waals surface area contributed by atoms with Crippen molar-refractivity contribution in [1.82, 2.24) is 0 Å². The van der Waals surface area contributed by atoms with E-state index in [0.717, 1.165) is 6.21 Å². The van der Waals surface area contributed by atoms with Gasteiger partial charge in [-0.2, -0.15) is 0 Å². The van der Waals surface area contributed by atoms with Crippen LogP contribution in [0.25, 0.3) is 0 Å². The number of nitrogens with zero attached hydrogens (tertiary/aromatic N) is 1. The second-order valence-electron chi connectivity index (χ2n) is 2.25. The fourth-order valence-electron chi connectivity index (χ4n) is 0.606. The Balaban J connectivity index is 3.37. The molecule has 66 valence electrons. The van der Waals surface area contributed by atoms with Crippen molar-refractivity contribution in [3.05, 3.63) is 0 Å². The molecule has 0 bridgehead atoms. The van der Waals surface area contributed by atoms with Crippen LogP contribution in [0.5, 0.6) is 0 Å². The quantitative estimate of drug-likeness (QED) is 0.236. The molecule has 0 amide bonds. The van der Waals surface area contributed by atoms with Gasteiger partial charge in [-0.25, -0.2) is 0 Å². The molecule has 0 aliphatic rings. The molecular formula is C6H13NO4. The summed E-state index contributed by atoms with van der Waals surface area (Å²) in [7, 11) is 0. The average Bonchev–Trinajstić information content (AvgIpc) is 2.01. The van der Waals surface area contributed by atoms with Gasteiger partial charge in [-0.05, 0) is 12.8 Å². The lowest BCUT2D eigenvalue weighted by Crippen LogP contribution is -2.16. The highest BCUT2D eigenvalue weighted by atomic mass is 16.4. The van der Waals surface area contributed by atoms with Gasteiger partial charge >= 0.3 is 0 Å². The van der Waals surface area contributed by atoms with E-state index in [1.807, 2.05) is 0 Å². The molecule has 0 aromatic rings. The minimum atomic E-state index is -0.860. The zero-order valence-electron chi connectivity index (χ0n) is 6.09. The molecule has 0 radical (unpaired) electrons. The first-order valence-corrected chi connectivity index (χ1v) is 3.35. The van der Waals surface area contributed by atoms with Gasteiger partial charge in [0.1, 0.15) is 0 Å². The molecule has 2 unspecified atom stereocenters. The summed E-state index contributed by atoms with van der Waals surface area (Å²) in [6.07, 6.45) is -0.155. The van der Waals surface area contributed by atoms with Crippen LogP contribution in [-0.2, 0) is 0 Å². The molecule has 4 N–H and O–H groups in total. The number of aliphatic hydroxyl groups excluding tert-OH is 3. The van der Waals surface area contributed by atoms with E-state index >= 15 is 0 Å². The van der Waals surface area contributed by atoms with Crippen LogP contribution < -0.4 is 0 Å². The van der Waals surface area contributed by atoms with Crippen molar-refractivity contribution in [2.75, 3.05) is 6.61 Å². The fraction of sp³-hybridized carbons (Fsp3) is 0.833. The predicted octanol–water partition coefficient (Wildman–Crippen LogP) is -1.06. The predicted molar refractivity (Wildman–Crippen MR) is 38.6 cm³/mol. The Labute approximate surface area is 64.6 Å². The standard InChI is InChI=1S/C6H13NO4/c8-4-6(10)2-1-5(9)3-7-11/h3,5-6,8-11H,1-2,4H2/b7-3+. The summed E-state index contributed by atoms with van der Waals surface area (Å²) in [4.78, 5) is 0. The lowest BCUT2D eigenvalue weighted by molar-refractivity contribution is 0.0775. The highest BCUT2D eigenvalue weighted by Gasteiger charge is 2.05. The van der Waals surface area contributed by atoms with Gasteiger partial charge in [0, 0.05) is 0 Å². The van der Waals surface area contributed by atoms with E-state index in [-0.39, 0.29) is 19.4 Å². The maximum absolute atomic E-state index is 8.89. The molecule has 5 nitrogen and oxygen atoms in total. The normalized spacial score (nSPS) is 17.0. The lowest BCUT2D eigenvalue weighted by atomic mass is 10.1. The van der Waals surface area contributed by atoms with Gasteiger partial charge in [-0.1, -0.05) is 5.16 Å². The fourth-order valence-corrected chi connectivity index (χ4v) is 0.606. The van der Waals surface area contributed by atoms with E-state index in [1.54, 1.807) is 0 Å². The smallest absolute Gasteiger partial charge is 0.0925 e. The average molecular weight is 163 g/mol. The number of rotatable bonds is 5. The van der Waals surface area contributed by atoms with Crippen molar-refractivity contribution in [2.45, 2.75) is 25.0 Å². The van der Waals surface area contributed by atoms with Crippen LogP contribution in [0.1, 0.15) is 12.8 Å². The van der Waals surface area contributed by atoms with Crippen LogP contribution in [0.2, 0.25) is 0 Å². The third-order valence-corrected chi connectivity index (χ3v) is 1.25. The maximum Gasteiger partial charge on any atom is 0.0925 e. The molecule has 5 heteroatoms. The van der Waals surface area contributed by atoms with E-state index in [9.17, 15) is 0 Å². The zero-order valence-corrected chi connectivity index (χ0v) is 6.09. The topological polar surface area (TPSA) is 93.3 Å². The Morgan fingerprint density at radius 3 is 2.36 bits per heavy atom. The Morgan fingerprint density at radius 2 is 1.91 bits per heavy atom. The van der Waals surface area contributed by atoms with E-state index in [1.165, 1.54) is 0 Å². The summed E-state index contributed by atoms with van der Waals surface area (Å²) in [5.41, 5.74) is 0. The molecule has 0 heterocycles. The number of hydrogen-bond acceptors (Lipinski definition) is 5. The highest BCUT2D eigenvalue weighted by Crippen LogP contribution is 1.99. The molecule has 0 aromatic carbocycles. The Hall–Kier alpha value is -0.650. The molecule has 0 aliphatic carbocycles. The van der Waals surface area contributed by atoms with Crippen LogP contribution in [-0.4, -0.2) is 45.6 Å². The van der Waals surface area contributed by atoms with Gasteiger partial charge < -0.3 is 20.5 Å². The molecule has 2 atom stereocenters. The Kier molecular flexibility index (Phi) is 5.73. The highest BCUT2D eigenvalue weighted by molar-refractivity contribution is 5.61. The molecule has 11 heavy (non-hydrogen) atoms. The molecule has 0 aromatic heterocycles. The third-order valence-electron chi connectivity index (χ3n) is 1.25. The van der Waals surface area contributed by atoms with Crippen molar-refractivity contribution in [2.24, 2.45) is 5.16 Å². The lowest BCUT2D eigenvalue weighted by Gasteiger charge is -2.07. The summed E-state index contributed by atoms with van der Waals surface area (Å²) in [6, 6.07) is 0. The van der Waals surface area contributed by atoms with Gasteiger partial charge in [-0.3, -0.25) is 0 Å². The Morgan fingerprint density at radius 1 is 1.27 bits per heavy atom. The van der Waals surface area contributed by atoms with Crippen LogP contribution in [0, 0.1) is 0 Å². The number of aliphatic hydroxyl groups is 3. The summed E-state index contributed by atoms with van der Waals surface area (Å²) in [6.45, 7) is -0.316. The van der Waals surface area contributed by atoms with Crippen LogP contribution in [0.4, 0.5) is 0 Å².